The molecule has 0 aliphatic heterocycles. The lowest BCUT2D eigenvalue weighted by Crippen LogP contribution is -2.17. The minimum atomic E-state index is -0.304. The Balaban J connectivity index is 2.44. The van der Waals surface area contributed by atoms with Crippen molar-refractivity contribution >= 4 is 0 Å². The summed E-state index contributed by atoms with van der Waals surface area (Å²) in [5, 5.41) is 0. The van der Waals surface area contributed by atoms with E-state index in [2.05, 4.69) is 11.9 Å². The molecule has 18 heavy (non-hydrogen) atoms. The van der Waals surface area contributed by atoms with Crippen molar-refractivity contribution in [2.45, 2.75) is 26.3 Å². The second-order valence-electron chi connectivity index (χ2n) is 4.38. The van der Waals surface area contributed by atoms with E-state index in [9.17, 15) is 4.39 Å². The van der Waals surface area contributed by atoms with Crippen LogP contribution in [0.5, 0.6) is 0 Å². The number of pyridine rings is 1. The minimum Gasteiger partial charge on any atom is -0.319 e. The van der Waals surface area contributed by atoms with Crippen LogP contribution in [0.3, 0.4) is 0 Å². The number of nitrogens with zero attached hydrogens (tertiary/aromatic N) is 1. The van der Waals surface area contributed by atoms with Crippen molar-refractivity contribution in [1.29, 1.82) is 0 Å². The van der Waals surface area contributed by atoms with Gasteiger partial charge in [0.2, 0.25) is 0 Å². The second-order valence-corrected chi connectivity index (χ2v) is 4.38. The second kappa shape index (κ2) is 5.27. The molecule has 94 valence electrons. The first-order valence-corrected chi connectivity index (χ1v) is 6.09. The van der Waals surface area contributed by atoms with Crippen molar-refractivity contribution in [3.63, 3.8) is 0 Å². The van der Waals surface area contributed by atoms with Crippen LogP contribution in [-0.4, -0.2) is 4.98 Å². The van der Waals surface area contributed by atoms with Crippen molar-refractivity contribution in [2.24, 2.45) is 5.73 Å². The van der Waals surface area contributed by atoms with Crippen molar-refractivity contribution in [3.05, 3.63) is 64.7 Å². The lowest BCUT2D eigenvalue weighted by molar-refractivity contribution is 0.624. The molecule has 1 atom stereocenters. The molecule has 0 fully saturated rings. The van der Waals surface area contributed by atoms with Crippen LogP contribution in [-0.2, 0) is 6.42 Å². The lowest BCUT2D eigenvalue weighted by Gasteiger charge is -2.17. The molecule has 2 N–H and O–H groups in total. The molecule has 0 spiro atoms. The van der Waals surface area contributed by atoms with Crippen LogP contribution in [0, 0.1) is 12.7 Å². The molecule has 1 aromatic carbocycles. The van der Waals surface area contributed by atoms with Gasteiger partial charge in [-0.2, -0.15) is 0 Å². The summed E-state index contributed by atoms with van der Waals surface area (Å²) < 4.78 is 13.1. The summed E-state index contributed by atoms with van der Waals surface area (Å²) in [7, 11) is 0. The Bertz CT molecular complexity index is 552. The number of hydrogen-bond donors (Lipinski definition) is 1. The van der Waals surface area contributed by atoms with E-state index in [1.165, 1.54) is 12.1 Å². The molecular weight excluding hydrogens is 227 g/mol. The highest BCUT2D eigenvalue weighted by Crippen LogP contribution is 2.24. The molecule has 2 rings (SSSR count). The molecule has 1 heterocycles. The Labute approximate surface area is 107 Å². The van der Waals surface area contributed by atoms with Gasteiger partial charge in [0, 0.05) is 6.20 Å². The van der Waals surface area contributed by atoms with Gasteiger partial charge < -0.3 is 5.73 Å². The fraction of sp³-hybridized carbons (Fsp3) is 0.267. The molecule has 2 aromatic rings. The van der Waals surface area contributed by atoms with E-state index in [1.54, 1.807) is 12.3 Å². The quantitative estimate of drug-likeness (QED) is 0.900. The molecule has 0 aliphatic rings. The van der Waals surface area contributed by atoms with Gasteiger partial charge in [0.05, 0.1) is 11.7 Å². The highest BCUT2D eigenvalue weighted by molar-refractivity contribution is 5.37. The van der Waals surface area contributed by atoms with E-state index in [-0.39, 0.29) is 11.9 Å². The standard InChI is InChI=1S/C15H17FN2/c1-3-11-5-4-8-18-15(11)14(17)13-7-6-12(16)9-10(13)2/h4-9,14H,3,17H2,1-2H3. The van der Waals surface area contributed by atoms with Gasteiger partial charge in [-0.1, -0.05) is 19.1 Å². The summed E-state index contributed by atoms with van der Waals surface area (Å²) in [5.74, 6) is -0.236. The smallest absolute Gasteiger partial charge is 0.123 e. The summed E-state index contributed by atoms with van der Waals surface area (Å²) in [5.41, 5.74) is 10.0. The predicted octanol–water partition coefficient (Wildman–Crippen LogP) is 3.14. The Morgan fingerprint density at radius 2 is 2.11 bits per heavy atom. The molecule has 2 nitrogen and oxygen atoms in total. The van der Waals surface area contributed by atoms with Gasteiger partial charge in [0.15, 0.2) is 0 Å². The van der Waals surface area contributed by atoms with E-state index in [1.807, 2.05) is 19.1 Å². The zero-order valence-electron chi connectivity index (χ0n) is 10.7. The lowest BCUT2D eigenvalue weighted by atomic mass is 9.95. The number of benzene rings is 1. The molecule has 1 aromatic heterocycles. The number of halogens is 1. The van der Waals surface area contributed by atoms with Crippen molar-refractivity contribution < 1.29 is 4.39 Å². The zero-order valence-corrected chi connectivity index (χ0v) is 10.7. The van der Waals surface area contributed by atoms with Crippen LogP contribution in [0.1, 0.15) is 35.3 Å². The number of rotatable bonds is 3. The van der Waals surface area contributed by atoms with Crippen molar-refractivity contribution in [1.82, 2.24) is 4.98 Å². The van der Waals surface area contributed by atoms with Crippen LogP contribution in [0.25, 0.3) is 0 Å². The van der Waals surface area contributed by atoms with E-state index >= 15 is 0 Å². The van der Waals surface area contributed by atoms with Gasteiger partial charge in [0.25, 0.3) is 0 Å². The van der Waals surface area contributed by atoms with Gasteiger partial charge >= 0.3 is 0 Å². The average Bonchev–Trinajstić information content (AvgIpc) is 2.38. The maximum absolute atomic E-state index is 13.1. The first kappa shape index (κ1) is 12.7. The van der Waals surface area contributed by atoms with Gasteiger partial charge in [-0.05, 0) is 48.2 Å². The predicted molar refractivity (Wildman–Crippen MR) is 70.8 cm³/mol. The Morgan fingerprint density at radius 1 is 1.33 bits per heavy atom. The van der Waals surface area contributed by atoms with Gasteiger partial charge in [-0.25, -0.2) is 4.39 Å². The molecule has 0 saturated heterocycles. The van der Waals surface area contributed by atoms with Crippen LogP contribution >= 0.6 is 0 Å². The Morgan fingerprint density at radius 3 is 2.78 bits per heavy atom. The van der Waals surface area contributed by atoms with E-state index in [0.717, 1.165) is 28.8 Å². The average molecular weight is 244 g/mol. The molecule has 0 saturated carbocycles. The summed E-state index contributed by atoms with van der Waals surface area (Å²) in [6, 6.07) is 8.32. The number of nitrogens with two attached hydrogens (primary N) is 1. The van der Waals surface area contributed by atoms with Gasteiger partial charge in [-0.15, -0.1) is 0 Å². The molecular formula is C15H17FN2. The first-order valence-electron chi connectivity index (χ1n) is 6.09. The third-order valence-electron chi connectivity index (χ3n) is 3.17. The zero-order chi connectivity index (χ0) is 13.1. The highest BCUT2D eigenvalue weighted by atomic mass is 19.1. The number of hydrogen-bond acceptors (Lipinski definition) is 2. The molecule has 0 amide bonds. The van der Waals surface area contributed by atoms with E-state index < -0.39 is 0 Å². The van der Waals surface area contributed by atoms with Crippen LogP contribution in [0.15, 0.2) is 36.5 Å². The molecule has 0 bridgehead atoms. The third kappa shape index (κ3) is 2.41. The fourth-order valence-corrected chi connectivity index (χ4v) is 2.17. The molecule has 3 heteroatoms. The Hall–Kier alpha value is -1.74. The van der Waals surface area contributed by atoms with Crippen LogP contribution < -0.4 is 5.73 Å². The minimum absolute atomic E-state index is 0.236. The Kier molecular flexibility index (Phi) is 3.72. The van der Waals surface area contributed by atoms with Crippen molar-refractivity contribution in [3.8, 4) is 0 Å². The number of aromatic nitrogens is 1. The monoisotopic (exact) mass is 244 g/mol. The van der Waals surface area contributed by atoms with Crippen LogP contribution in [0.2, 0.25) is 0 Å². The SMILES string of the molecule is CCc1cccnc1C(N)c1ccc(F)cc1C. The molecule has 1 unspecified atom stereocenters. The van der Waals surface area contributed by atoms with Gasteiger partial charge in [0.1, 0.15) is 5.82 Å². The summed E-state index contributed by atoms with van der Waals surface area (Å²) in [6.07, 6.45) is 2.63. The molecule has 0 radical (unpaired) electrons. The normalized spacial score (nSPS) is 12.4. The topological polar surface area (TPSA) is 38.9 Å². The first-order chi connectivity index (χ1) is 8.63. The van der Waals surface area contributed by atoms with Gasteiger partial charge in [-0.3, -0.25) is 4.98 Å². The number of aryl methyl sites for hydroxylation is 2. The summed E-state index contributed by atoms with van der Waals surface area (Å²) >= 11 is 0. The third-order valence-corrected chi connectivity index (χ3v) is 3.17. The fourth-order valence-electron chi connectivity index (χ4n) is 2.17. The van der Waals surface area contributed by atoms with Crippen LogP contribution in [0.4, 0.5) is 4.39 Å². The maximum Gasteiger partial charge on any atom is 0.123 e. The largest absolute Gasteiger partial charge is 0.319 e. The highest BCUT2D eigenvalue weighted by Gasteiger charge is 2.15. The van der Waals surface area contributed by atoms with Crippen molar-refractivity contribution in [2.75, 3.05) is 0 Å². The maximum atomic E-state index is 13.1. The van der Waals surface area contributed by atoms with E-state index in [0.29, 0.717) is 0 Å². The summed E-state index contributed by atoms with van der Waals surface area (Å²) in [4.78, 5) is 4.37. The van der Waals surface area contributed by atoms with E-state index in [4.69, 9.17) is 5.73 Å². The summed E-state index contributed by atoms with van der Waals surface area (Å²) in [6.45, 7) is 3.94. The molecule has 0 aliphatic carbocycles.